The van der Waals surface area contributed by atoms with Crippen molar-refractivity contribution >= 4 is 23.8 Å². The van der Waals surface area contributed by atoms with Crippen LogP contribution < -0.4 is 10.6 Å². The van der Waals surface area contributed by atoms with Crippen LogP contribution in [-0.4, -0.2) is 53.4 Å². The average Bonchev–Trinajstić information content (AvgIpc) is 2.66. The Morgan fingerprint density at radius 2 is 1.96 bits per heavy atom. The predicted octanol–water partition coefficient (Wildman–Crippen LogP) is 1.19. The third-order valence-corrected chi connectivity index (χ3v) is 4.73. The maximum absolute atomic E-state index is 12.9. The Morgan fingerprint density at radius 1 is 1.31 bits per heavy atom. The Labute approximate surface area is 154 Å². The van der Waals surface area contributed by atoms with Crippen LogP contribution in [0.3, 0.4) is 0 Å². The zero-order valence-electron chi connectivity index (χ0n) is 16.2. The number of amides is 4. The highest BCUT2D eigenvalue weighted by Gasteiger charge is 2.56. The third-order valence-electron chi connectivity index (χ3n) is 4.73. The van der Waals surface area contributed by atoms with E-state index in [1.54, 1.807) is 13.8 Å². The molecule has 1 heterocycles. The molecule has 1 saturated heterocycles. The summed E-state index contributed by atoms with van der Waals surface area (Å²) in [4.78, 5) is 49.6. The number of nitrogens with zero attached hydrogens (tertiary/aromatic N) is 1. The minimum absolute atomic E-state index is 0.0661. The van der Waals surface area contributed by atoms with Gasteiger partial charge in [-0.05, 0) is 44.4 Å². The average molecular weight is 367 g/mol. The number of carbonyl (C=O) groups is 4. The monoisotopic (exact) mass is 367 g/mol. The summed E-state index contributed by atoms with van der Waals surface area (Å²) in [6.07, 6.45) is 2.07. The fourth-order valence-electron chi connectivity index (χ4n) is 4.33. The summed E-state index contributed by atoms with van der Waals surface area (Å²) in [6.45, 7) is 8.87. The number of nitrogens with one attached hydrogen (secondary N) is 2. The van der Waals surface area contributed by atoms with Gasteiger partial charge in [-0.15, -0.1) is 0 Å². The molecule has 2 fully saturated rings. The first kappa shape index (κ1) is 20.2. The van der Waals surface area contributed by atoms with E-state index in [9.17, 15) is 19.2 Å². The van der Waals surface area contributed by atoms with E-state index in [-0.39, 0.29) is 23.3 Å². The SMILES string of the molecule is CC(C)NC(=O)COC(=O)CN1C(=O)N[C@@]2(C[C@H](C)CC(C)(C)C2)C1=O. The van der Waals surface area contributed by atoms with Crippen LogP contribution in [0.2, 0.25) is 0 Å². The molecule has 0 unspecified atom stereocenters. The van der Waals surface area contributed by atoms with Crippen molar-refractivity contribution in [3.8, 4) is 0 Å². The second-order valence-electron chi connectivity index (χ2n) is 8.64. The number of hydrogen-bond acceptors (Lipinski definition) is 5. The molecule has 0 aromatic heterocycles. The van der Waals surface area contributed by atoms with Crippen molar-refractivity contribution in [1.29, 1.82) is 0 Å². The van der Waals surface area contributed by atoms with E-state index < -0.39 is 36.6 Å². The Morgan fingerprint density at radius 3 is 2.54 bits per heavy atom. The quantitative estimate of drug-likeness (QED) is 0.561. The summed E-state index contributed by atoms with van der Waals surface area (Å²) in [7, 11) is 0. The molecule has 2 aliphatic rings. The highest BCUT2D eigenvalue weighted by Crippen LogP contribution is 2.46. The van der Waals surface area contributed by atoms with Gasteiger partial charge in [-0.1, -0.05) is 20.8 Å². The fourth-order valence-corrected chi connectivity index (χ4v) is 4.33. The van der Waals surface area contributed by atoms with E-state index in [2.05, 4.69) is 31.4 Å². The van der Waals surface area contributed by atoms with Crippen molar-refractivity contribution in [2.45, 2.75) is 65.5 Å². The lowest BCUT2D eigenvalue weighted by Crippen LogP contribution is -2.54. The van der Waals surface area contributed by atoms with Crippen LogP contribution in [0.25, 0.3) is 0 Å². The number of esters is 1. The van der Waals surface area contributed by atoms with Crippen LogP contribution in [0.1, 0.15) is 53.9 Å². The minimum Gasteiger partial charge on any atom is -0.454 e. The highest BCUT2D eigenvalue weighted by molar-refractivity contribution is 6.08. The molecule has 2 N–H and O–H groups in total. The molecule has 146 valence electrons. The van der Waals surface area contributed by atoms with E-state index in [1.165, 1.54) is 0 Å². The molecule has 1 spiro atoms. The van der Waals surface area contributed by atoms with Crippen molar-refractivity contribution in [2.24, 2.45) is 11.3 Å². The molecule has 8 heteroatoms. The first-order valence-electron chi connectivity index (χ1n) is 9.03. The molecule has 8 nitrogen and oxygen atoms in total. The van der Waals surface area contributed by atoms with Gasteiger partial charge in [-0.2, -0.15) is 0 Å². The second-order valence-corrected chi connectivity index (χ2v) is 8.64. The van der Waals surface area contributed by atoms with Crippen molar-refractivity contribution in [1.82, 2.24) is 15.5 Å². The van der Waals surface area contributed by atoms with Gasteiger partial charge < -0.3 is 15.4 Å². The van der Waals surface area contributed by atoms with Crippen LogP contribution >= 0.6 is 0 Å². The van der Waals surface area contributed by atoms with Crippen LogP contribution in [0.15, 0.2) is 0 Å². The van der Waals surface area contributed by atoms with Gasteiger partial charge in [0.25, 0.3) is 11.8 Å². The topological polar surface area (TPSA) is 105 Å². The summed E-state index contributed by atoms with van der Waals surface area (Å²) in [5, 5.41) is 5.40. The first-order valence-corrected chi connectivity index (χ1v) is 9.03. The van der Waals surface area contributed by atoms with Gasteiger partial charge in [-0.25, -0.2) is 4.79 Å². The molecule has 4 amide bonds. The Kier molecular flexibility index (Phi) is 5.63. The smallest absolute Gasteiger partial charge is 0.326 e. The van der Waals surface area contributed by atoms with E-state index >= 15 is 0 Å². The van der Waals surface area contributed by atoms with Gasteiger partial charge in [-0.3, -0.25) is 19.3 Å². The zero-order valence-corrected chi connectivity index (χ0v) is 16.2. The summed E-state index contributed by atoms with van der Waals surface area (Å²) < 4.78 is 4.88. The fraction of sp³-hybridized carbons (Fsp3) is 0.778. The molecular weight excluding hydrogens is 338 g/mol. The number of ether oxygens (including phenoxy) is 1. The molecule has 1 aliphatic heterocycles. The summed E-state index contributed by atoms with van der Waals surface area (Å²) in [5.74, 6) is -1.31. The maximum atomic E-state index is 12.9. The minimum atomic E-state index is -0.951. The zero-order chi connectivity index (χ0) is 19.7. The number of imide groups is 1. The van der Waals surface area contributed by atoms with Crippen molar-refractivity contribution in [2.75, 3.05) is 13.2 Å². The summed E-state index contributed by atoms with van der Waals surface area (Å²) in [5.41, 5.74) is -1.03. The molecule has 26 heavy (non-hydrogen) atoms. The Balaban J connectivity index is 1.98. The lowest BCUT2D eigenvalue weighted by atomic mass is 9.64. The van der Waals surface area contributed by atoms with E-state index in [0.29, 0.717) is 12.8 Å². The first-order chi connectivity index (χ1) is 11.9. The van der Waals surface area contributed by atoms with Gasteiger partial charge in [0.2, 0.25) is 0 Å². The standard InChI is InChI=1S/C18H29N3O5/c1-11(2)19-13(22)9-26-14(23)8-21-15(24)18(20-16(21)25)7-12(3)6-17(4,5)10-18/h11-12H,6-10H2,1-5H3,(H,19,22)(H,20,25)/t12-,18-/m1/s1. The molecule has 0 radical (unpaired) electrons. The van der Waals surface area contributed by atoms with Crippen molar-refractivity contribution in [3.63, 3.8) is 0 Å². The Bertz CT molecular complexity index is 616. The van der Waals surface area contributed by atoms with Crippen LogP contribution in [0, 0.1) is 11.3 Å². The molecule has 0 aromatic carbocycles. The number of carbonyl (C=O) groups excluding carboxylic acids is 4. The lowest BCUT2D eigenvalue weighted by molar-refractivity contribution is -0.151. The summed E-state index contributed by atoms with van der Waals surface area (Å²) in [6, 6.07) is -0.646. The third kappa shape index (κ3) is 4.53. The van der Waals surface area contributed by atoms with Crippen molar-refractivity contribution < 1.29 is 23.9 Å². The van der Waals surface area contributed by atoms with Gasteiger partial charge in [0.05, 0.1) is 0 Å². The van der Waals surface area contributed by atoms with Gasteiger partial charge in [0.15, 0.2) is 6.61 Å². The van der Waals surface area contributed by atoms with E-state index in [0.717, 1.165) is 11.3 Å². The molecule has 0 bridgehead atoms. The number of rotatable bonds is 5. The highest BCUT2D eigenvalue weighted by atomic mass is 16.5. The van der Waals surface area contributed by atoms with Crippen LogP contribution in [0.4, 0.5) is 4.79 Å². The number of urea groups is 1. The second kappa shape index (κ2) is 7.25. The van der Waals surface area contributed by atoms with Crippen LogP contribution in [0.5, 0.6) is 0 Å². The van der Waals surface area contributed by atoms with E-state index in [1.807, 2.05) is 0 Å². The Hall–Kier alpha value is -2.12. The van der Waals surface area contributed by atoms with Crippen LogP contribution in [-0.2, 0) is 19.1 Å². The molecule has 1 saturated carbocycles. The molecule has 0 aromatic rings. The van der Waals surface area contributed by atoms with Gasteiger partial charge in [0, 0.05) is 6.04 Å². The molecule has 1 aliphatic carbocycles. The maximum Gasteiger partial charge on any atom is 0.326 e. The predicted molar refractivity (Wildman–Crippen MR) is 94.0 cm³/mol. The normalized spacial score (nSPS) is 27.6. The molecular formula is C18H29N3O5. The van der Waals surface area contributed by atoms with Gasteiger partial charge >= 0.3 is 12.0 Å². The lowest BCUT2D eigenvalue weighted by Gasteiger charge is -2.43. The number of hydrogen-bond donors (Lipinski definition) is 2. The molecule has 2 rings (SSSR count). The largest absolute Gasteiger partial charge is 0.454 e. The van der Waals surface area contributed by atoms with E-state index in [4.69, 9.17) is 4.74 Å². The molecule has 2 atom stereocenters. The summed E-state index contributed by atoms with van der Waals surface area (Å²) >= 11 is 0. The van der Waals surface area contributed by atoms with Crippen molar-refractivity contribution in [3.05, 3.63) is 0 Å². The van der Waals surface area contributed by atoms with Gasteiger partial charge in [0.1, 0.15) is 12.1 Å².